The molecule has 1 heterocycles. The van der Waals surface area contributed by atoms with Gasteiger partial charge in [-0.25, -0.2) is 0 Å². The molecule has 1 aliphatic heterocycles. The van der Waals surface area contributed by atoms with E-state index in [-0.39, 0.29) is 18.0 Å². The molecule has 0 aromatic rings. The van der Waals surface area contributed by atoms with Crippen LogP contribution in [0.2, 0.25) is 0 Å². The summed E-state index contributed by atoms with van der Waals surface area (Å²) >= 11 is 0. The minimum atomic E-state index is -0.0557. The Morgan fingerprint density at radius 2 is 2.13 bits per heavy atom. The smallest absolute Gasteiger partial charge is 0.309 e. The highest BCUT2D eigenvalue weighted by Crippen LogP contribution is 2.14. The topological polar surface area (TPSA) is 35.5 Å². The van der Waals surface area contributed by atoms with Crippen molar-refractivity contribution in [1.29, 1.82) is 0 Å². The lowest BCUT2D eigenvalue weighted by molar-refractivity contribution is -0.176. The molecule has 0 aliphatic carbocycles. The fraction of sp³-hybridized carbons (Fsp3) is 0.917. The third-order valence-electron chi connectivity index (χ3n) is 2.78. The zero-order valence-corrected chi connectivity index (χ0v) is 9.83. The van der Waals surface area contributed by atoms with Gasteiger partial charge >= 0.3 is 5.97 Å². The van der Waals surface area contributed by atoms with Crippen molar-refractivity contribution in [2.75, 3.05) is 13.2 Å². The lowest BCUT2D eigenvalue weighted by Gasteiger charge is -2.26. The predicted octanol–water partition coefficient (Wildman–Crippen LogP) is 2.53. The summed E-state index contributed by atoms with van der Waals surface area (Å²) in [5.74, 6) is -0.0118. The van der Waals surface area contributed by atoms with Gasteiger partial charge in [0.25, 0.3) is 0 Å². The Hall–Kier alpha value is -0.570. The molecule has 0 N–H and O–H groups in total. The van der Waals surface area contributed by atoms with E-state index in [0.717, 1.165) is 12.8 Å². The third-order valence-corrected chi connectivity index (χ3v) is 2.78. The van der Waals surface area contributed by atoms with Crippen LogP contribution >= 0.6 is 0 Å². The van der Waals surface area contributed by atoms with Crippen molar-refractivity contribution in [1.82, 2.24) is 0 Å². The molecule has 1 fully saturated rings. The van der Waals surface area contributed by atoms with Crippen LogP contribution in [0.15, 0.2) is 0 Å². The SMILES string of the molecule is CCCCCCC(C)C(=O)OC1COC1. The second kappa shape index (κ2) is 6.83. The van der Waals surface area contributed by atoms with E-state index in [2.05, 4.69) is 6.92 Å². The first-order valence-corrected chi connectivity index (χ1v) is 6.02. The van der Waals surface area contributed by atoms with E-state index in [1.807, 2.05) is 6.92 Å². The summed E-state index contributed by atoms with van der Waals surface area (Å²) in [6, 6.07) is 0. The van der Waals surface area contributed by atoms with Gasteiger partial charge in [0.15, 0.2) is 0 Å². The Kier molecular flexibility index (Phi) is 5.69. The molecule has 3 heteroatoms. The average Bonchev–Trinajstić information content (AvgIpc) is 2.17. The number of hydrogen-bond donors (Lipinski definition) is 0. The number of ether oxygens (including phenoxy) is 2. The molecule has 15 heavy (non-hydrogen) atoms. The molecule has 0 aromatic heterocycles. The lowest BCUT2D eigenvalue weighted by atomic mass is 10.0. The van der Waals surface area contributed by atoms with Gasteiger partial charge in [0, 0.05) is 0 Å². The normalized spacial score (nSPS) is 18.3. The minimum Gasteiger partial charge on any atom is -0.457 e. The molecule has 0 radical (unpaired) electrons. The Bertz CT molecular complexity index is 187. The van der Waals surface area contributed by atoms with E-state index in [1.165, 1.54) is 19.3 Å². The van der Waals surface area contributed by atoms with Crippen LogP contribution in [0.5, 0.6) is 0 Å². The van der Waals surface area contributed by atoms with E-state index in [1.54, 1.807) is 0 Å². The van der Waals surface area contributed by atoms with E-state index < -0.39 is 0 Å². The summed E-state index contributed by atoms with van der Waals surface area (Å²) in [5, 5.41) is 0. The fourth-order valence-corrected chi connectivity index (χ4v) is 1.56. The van der Waals surface area contributed by atoms with Gasteiger partial charge in [0.2, 0.25) is 0 Å². The first kappa shape index (κ1) is 12.5. The summed E-state index contributed by atoms with van der Waals surface area (Å²) in [5.41, 5.74) is 0. The van der Waals surface area contributed by atoms with Crippen molar-refractivity contribution in [2.24, 2.45) is 5.92 Å². The van der Waals surface area contributed by atoms with Gasteiger partial charge in [0.1, 0.15) is 6.10 Å². The number of unbranched alkanes of at least 4 members (excludes halogenated alkanes) is 3. The molecular formula is C12H22O3. The molecule has 0 aromatic carbocycles. The molecule has 0 saturated carbocycles. The summed E-state index contributed by atoms with van der Waals surface area (Å²) in [7, 11) is 0. The molecule has 1 rings (SSSR count). The van der Waals surface area contributed by atoms with Crippen LogP contribution in [0.25, 0.3) is 0 Å². The molecule has 88 valence electrons. The van der Waals surface area contributed by atoms with Crippen LogP contribution in [-0.4, -0.2) is 25.3 Å². The van der Waals surface area contributed by atoms with E-state index in [4.69, 9.17) is 9.47 Å². The van der Waals surface area contributed by atoms with Gasteiger partial charge in [0.05, 0.1) is 19.1 Å². The standard InChI is InChI=1S/C12H22O3/c1-3-4-5-6-7-10(2)12(13)15-11-8-14-9-11/h10-11H,3-9H2,1-2H3. The number of carbonyl (C=O) groups is 1. The van der Waals surface area contributed by atoms with Crippen molar-refractivity contribution in [3.05, 3.63) is 0 Å². The van der Waals surface area contributed by atoms with Gasteiger partial charge in [-0.3, -0.25) is 4.79 Å². The van der Waals surface area contributed by atoms with Crippen LogP contribution < -0.4 is 0 Å². The van der Waals surface area contributed by atoms with Crippen LogP contribution in [0.3, 0.4) is 0 Å². The molecule has 1 unspecified atom stereocenters. The molecule has 1 aliphatic rings. The second-order valence-corrected chi connectivity index (χ2v) is 4.35. The maximum atomic E-state index is 11.5. The Balaban J connectivity index is 2.03. The maximum Gasteiger partial charge on any atom is 0.309 e. The monoisotopic (exact) mass is 214 g/mol. The average molecular weight is 214 g/mol. The summed E-state index contributed by atoms with van der Waals surface area (Å²) in [6.45, 7) is 5.30. The van der Waals surface area contributed by atoms with Crippen LogP contribution in [0.1, 0.15) is 46.0 Å². The van der Waals surface area contributed by atoms with E-state index in [0.29, 0.717) is 13.2 Å². The molecule has 0 bridgehead atoms. The minimum absolute atomic E-state index is 0.0237. The van der Waals surface area contributed by atoms with Gasteiger partial charge < -0.3 is 9.47 Å². The van der Waals surface area contributed by atoms with E-state index in [9.17, 15) is 4.79 Å². The van der Waals surface area contributed by atoms with Crippen molar-refractivity contribution in [2.45, 2.75) is 52.1 Å². The van der Waals surface area contributed by atoms with Crippen molar-refractivity contribution in [3.63, 3.8) is 0 Å². The summed E-state index contributed by atoms with van der Waals surface area (Å²) in [4.78, 5) is 11.5. The highest BCUT2D eigenvalue weighted by atomic mass is 16.6. The quantitative estimate of drug-likeness (QED) is 0.482. The zero-order valence-electron chi connectivity index (χ0n) is 9.83. The molecular weight excluding hydrogens is 192 g/mol. The van der Waals surface area contributed by atoms with Crippen LogP contribution in [0.4, 0.5) is 0 Å². The second-order valence-electron chi connectivity index (χ2n) is 4.35. The molecule has 1 saturated heterocycles. The zero-order chi connectivity index (χ0) is 11.1. The van der Waals surface area contributed by atoms with E-state index >= 15 is 0 Å². The number of rotatable bonds is 7. The van der Waals surface area contributed by atoms with Crippen molar-refractivity contribution < 1.29 is 14.3 Å². The van der Waals surface area contributed by atoms with Crippen molar-refractivity contribution >= 4 is 5.97 Å². The predicted molar refractivity (Wildman–Crippen MR) is 58.6 cm³/mol. The molecule has 1 atom stereocenters. The van der Waals surface area contributed by atoms with Crippen LogP contribution in [0, 0.1) is 5.92 Å². The Morgan fingerprint density at radius 3 is 2.67 bits per heavy atom. The number of carbonyl (C=O) groups excluding carboxylic acids is 1. The third kappa shape index (κ3) is 4.65. The largest absolute Gasteiger partial charge is 0.457 e. The van der Waals surface area contributed by atoms with Gasteiger partial charge in [-0.1, -0.05) is 39.5 Å². The Morgan fingerprint density at radius 1 is 1.40 bits per heavy atom. The molecule has 0 amide bonds. The Labute approximate surface area is 92.1 Å². The number of esters is 1. The molecule has 0 spiro atoms. The van der Waals surface area contributed by atoms with Gasteiger partial charge in [-0.05, 0) is 6.42 Å². The first-order valence-electron chi connectivity index (χ1n) is 6.02. The summed E-state index contributed by atoms with van der Waals surface area (Å²) < 4.78 is 10.2. The lowest BCUT2D eigenvalue weighted by Crippen LogP contribution is -2.39. The van der Waals surface area contributed by atoms with Crippen molar-refractivity contribution in [3.8, 4) is 0 Å². The van der Waals surface area contributed by atoms with Crippen LogP contribution in [-0.2, 0) is 14.3 Å². The highest BCUT2D eigenvalue weighted by molar-refractivity contribution is 5.72. The van der Waals surface area contributed by atoms with Gasteiger partial charge in [-0.15, -0.1) is 0 Å². The maximum absolute atomic E-state index is 11.5. The van der Waals surface area contributed by atoms with Gasteiger partial charge in [-0.2, -0.15) is 0 Å². The first-order chi connectivity index (χ1) is 7.24. The summed E-state index contributed by atoms with van der Waals surface area (Å²) in [6.07, 6.45) is 5.82. The molecule has 3 nitrogen and oxygen atoms in total. The fourth-order valence-electron chi connectivity index (χ4n) is 1.56. The highest BCUT2D eigenvalue weighted by Gasteiger charge is 2.25. The number of hydrogen-bond acceptors (Lipinski definition) is 3.